The van der Waals surface area contributed by atoms with Crippen molar-refractivity contribution in [3.05, 3.63) is 64.2 Å². The monoisotopic (exact) mass is 431 g/mol. The van der Waals surface area contributed by atoms with Crippen LogP contribution in [0.3, 0.4) is 0 Å². The van der Waals surface area contributed by atoms with Gasteiger partial charge in [0.2, 0.25) is 0 Å². The Morgan fingerprint density at radius 3 is 2.66 bits per heavy atom. The van der Waals surface area contributed by atoms with E-state index in [4.69, 9.17) is 28.6 Å². The molecule has 156 valence electrons. The van der Waals surface area contributed by atoms with Gasteiger partial charge in [-0.1, -0.05) is 47.5 Å². The second kappa shape index (κ2) is 10.9. The molecule has 1 aliphatic rings. The van der Waals surface area contributed by atoms with E-state index in [9.17, 15) is 0 Å². The molecular weight excluding hydrogens is 402 g/mol. The summed E-state index contributed by atoms with van der Waals surface area (Å²) in [6, 6.07) is 14.5. The van der Waals surface area contributed by atoms with Gasteiger partial charge in [-0.25, -0.2) is 0 Å². The summed E-state index contributed by atoms with van der Waals surface area (Å²) in [7, 11) is 0. The van der Waals surface area contributed by atoms with Gasteiger partial charge in [0.05, 0.1) is 23.9 Å². The van der Waals surface area contributed by atoms with Crippen LogP contribution in [0.1, 0.15) is 23.1 Å². The van der Waals surface area contributed by atoms with Crippen LogP contribution in [-0.4, -0.2) is 54.3 Å². The molecule has 0 unspecified atom stereocenters. The van der Waals surface area contributed by atoms with Crippen molar-refractivity contribution in [2.24, 2.45) is 0 Å². The third-order valence-corrected chi connectivity index (χ3v) is 5.80. The number of morpholine rings is 1. The lowest BCUT2D eigenvalue weighted by Crippen LogP contribution is -2.40. The first-order chi connectivity index (χ1) is 14.0. The van der Waals surface area contributed by atoms with Crippen molar-refractivity contribution in [1.29, 1.82) is 0 Å². The fraction of sp³-hybridized carbons (Fsp3) is 0.435. The topological polar surface area (TPSA) is 27.7 Å². The Balaban J connectivity index is 1.66. The van der Waals surface area contributed by atoms with E-state index in [0.29, 0.717) is 10.1 Å². The summed E-state index contributed by atoms with van der Waals surface area (Å²) in [5.41, 5.74) is 4.53. The Kier molecular flexibility index (Phi) is 8.30. The normalized spacial score (nSPS) is 14.6. The number of benzene rings is 2. The minimum atomic E-state index is 0.682. The Morgan fingerprint density at radius 1 is 1.14 bits per heavy atom. The number of aryl methyl sites for hydroxylation is 2. The number of nitrogens with one attached hydrogen (secondary N) is 1. The van der Waals surface area contributed by atoms with Crippen LogP contribution < -0.4 is 5.32 Å². The first kappa shape index (κ1) is 22.0. The Labute approximate surface area is 184 Å². The quantitative estimate of drug-likeness (QED) is 0.631. The molecule has 0 aromatic heterocycles. The van der Waals surface area contributed by atoms with E-state index in [-0.39, 0.29) is 0 Å². The molecule has 0 saturated carbocycles. The van der Waals surface area contributed by atoms with Crippen LogP contribution in [0.25, 0.3) is 0 Å². The highest BCUT2D eigenvalue weighted by Crippen LogP contribution is 2.23. The molecule has 1 fully saturated rings. The van der Waals surface area contributed by atoms with Gasteiger partial charge in [-0.2, -0.15) is 0 Å². The van der Waals surface area contributed by atoms with E-state index >= 15 is 0 Å². The van der Waals surface area contributed by atoms with Crippen molar-refractivity contribution in [1.82, 2.24) is 9.80 Å². The fourth-order valence-corrected chi connectivity index (χ4v) is 3.95. The smallest absolute Gasteiger partial charge is 0.173 e. The number of anilines is 1. The SMILES string of the molecule is Cc1cccc(CN(CCCN2CCOCC2)C(=S)Nc2cc(C)ccc2Cl)c1. The number of ether oxygens (including phenoxy) is 1. The highest BCUT2D eigenvalue weighted by Gasteiger charge is 2.15. The van der Waals surface area contributed by atoms with Gasteiger partial charge >= 0.3 is 0 Å². The Bertz CT molecular complexity index is 824. The van der Waals surface area contributed by atoms with Crippen LogP contribution in [0.5, 0.6) is 0 Å². The van der Waals surface area contributed by atoms with E-state index in [2.05, 4.69) is 53.2 Å². The zero-order chi connectivity index (χ0) is 20.6. The van der Waals surface area contributed by atoms with Gasteiger partial charge in [0, 0.05) is 32.7 Å². The summed E-state index contributed by atoms with van der Waals surface area (Å²) in [6.07, 6.45) is 1.05. The zero-order valence-electron chi connectivity index (χ0n) is 17.3. The van der Waals surface area contributed by atoms with Crippen LogP contribution >= 0.6 is 23.8 Å². The standard InChI is InChI=1S/C23H30ClN3OS/c1-18-5-3-6-20(15-18)17-27(10-4-9-26-11-13-28-14-12-26)23(29)25-22-16-19(2)7-8-21(22)24/h3,5-8,15-16H,4,9-14,17H2,1-2H3,(H,25,29). The van der Waals surface area contributed by atoms with Gasteiger partial charge in [-0.15, -0.1) is 0 Å². The van der Waals surface area contributed by atoms with E-state index in [0.717, 1.165) is 63.6 Å². The van der Waals surface area contributed by atoms with Crippen LogP contribution in [0, 0.1) is 13.8 Å². The first-order valence-corrected chi connectivity index (χ1v) is 11.0. The molecule has 6 heteroatoms. The number of nitrogens with zero attached hydrogens (tertiary/aromatic N) is 2. The lowest BCUT2D eigenvalue weighted by Gasteiger charge is -2.30. The molecule has 0 aliphatic carbocycles. The number of thiocarbonyl (C=S) groups is 1. The van der Waals surface area contributed by atoms with Crippen molar-refractivity contribution < 1.29 is 4.74 Å². The van der Waals surface area contributed by atoms with Crippen molar-refractivity contribution in [3.63, 3.8) is 0 Å². The van der Waals surface area contributed by atoms with Gasteiger partial charge < -0.3 is 15.0 Å². The molecule has 2 aromatic carbocycles. The maximum Gasteiger partial charge on any atom is 0.173 e. The zero-order valence-corrected chi connectivity index (χ0v) is 18.9. The second-order valence-corrected chi connectivity index (χ2v) is 8.43. The van der Waals surface area contributed by atoms with E-state index in [1.807, 2.05) is 18.2 Å². The largest absolute Gasteiger partial charge is 0.379 e. The molecule has 0 atom stereocenters. The molecule has 4 nitrogen and oxygen atoms in total. The maximum absolute atomic E-state index is 6.37. The summed E-state index contributed by atoms with van der Waals surface area (Å²) in [4.78, 5) is 4.70. The van der Waals surface area contributed by atoms with Gasteiger partial charge in [0.25, 0.3) is 0 Å². The molecule has 1 saturated heterocycles. The summed E-state index contributed by atoms with van der Waals surface area (Å²) >= 11 is 12.2. The molecule has 1 N–H and O–H groups in total. The number of hydrogen-bond donors (Lipinski definition) is 1. The lowest BCUT2D eigenvalue weighted by molar-refractivity contribution is 0.0368. The predicted molar refractivity (Wildman–Crippen MR) is 126 cm³/mol. The predicted octanol–water partition coefficient (Wildman–Crippen LogP) is 4.88. The minimum absolute atomic E-state index is 0.682. The van der Waals surface area contributed by atoms with Gasteiger partial charge in [-0.3, -0.25) is 4.90 Å². The maximum atomic E-state index is 6.37. The molecule has 0 radical (unpaired) electrons. The number of hydrogen-bond acceptors (Lipinski definition) is 3. The molecule has 2 aromatic rings. The average molecular weight is 432 g/mol. The molecule has 29 heavy (non-hydrogen) atoms. The highest BCUT2D eigenvalue weighted by molar-refractivity contribution is 7.80. The lowest BCUT2D eigenvalue weighted by atomic mass is 10.1. The molecule has 1 heterocycles. The highest BCUT2D eigenvalue weighted by atomic mass is 35.5. The molecule has 3 rings (SSSR count). The van der Waals surface area contributed by atoms with Crippen LogP contribution in [-0.2, 0) is 11.3 Å². The van der Waals surface area contributed by atoms with E-state index in [1.54, 1.807) is 0 Å². The molecule has 0 bridgehead atoms. The minimum Gasteiger partial charge on any atom is -0.379 e. The summed E-state index contributed by atoms with van der Waals surface area (Å²) in [5, 5.41) is 4.76. The van der Waals surface area contributed by atoms with Crippen molar-refractivity contribution in [2.75, 3.05) is 44.7 Å². The van der Waals surface area contributed by atoms with Crippen molar-refractivity contribution in [2.45, 2.75) is 26.8 Å². The molecule has 0 amide bonds. The van der Waals surface area contributed by atoms with Crippen LogP contribution in [0.2, 0.25) is 5.02 Å². The van der Waals surface area contributed by atoms with Crippen LogP contribution in [0.4, 0.5) is 5.69 Å². The van der Waals surface area contributed by atoms with Gasteiger partial charge in [0.1, 0.15) is 0 Å². The Hall–Kier alpha value is -1.66. The first-order valence-electron chi connectivity index (χ1n) is 10.2. The summed E-state index contributed by atoms with van der Waals surface area (Å²) in [5.74, 6) is 0. The third-order valence-electron chi connectivity index (χ3n) is 5.11. The van der Waals surface area contributed by atoms with E-state index in [1.165, 1.54) is 11.1 Å². The summed E-state index contributed by atoms with van der Waals surface area (Å²) in [6.45, 7) is 10.6. The second-order valence-electron chi connectivity index (χ2n) is 7.63. The van der Waals surface area contributed by atoms with E-state index < -0.39 is 0 Å². The van der Waals surface area contributed by atoms with Gasteiger partial charge in [-0.05, 0) is 55.7 Å². The molecular formula is C23H30ClN3OS. The Morgan fingerprint density at radius 2 is 1.90 bits per heavy atom. The number of rotatable bonds is 7. The number of halogens is 1. The molecule has 0 spiro atoms. The van der Waals surface area contributed by atoms with Crippen molar-refractivity contribution >= 4 is 34.6 Å². The third kappa shape index (κ3) is 6.96. The average Bonchev–Trinajstić information content (AvgIpc) is 2.71. The fourth-order valence-electron chi connectivity index (χ4n) is 3.52. The van der Waals surface area contributed by atoms with Gasteiger partial charge in [0.15, 0.2) is 5.11 Å². The van der Waals surface area contributed by atoms with Crippen LogP contribution in [0.15, 0.2) is 42.5 Å². The van der Waals surface area contributed by atoms with Crippen molar-refractivity contribution in [3.8, 4) is 0 Å². The molecule has 1 aliphatic heterocycles. The summed E-state index contributed by atoms with van der Waals surface area (Å²) < 4.78 is 5.45.